The third-order valence-electron chi connectivity index (χ3n) is 8.12. The molecule has 0 aliphatic carbocycles. The van der Waals surface area contributed by atoms with Crippen molar-refractivity contribution in [2.45, 2.75) is 78.3 Å². The second kappa shape index (κ2) is 13.9. The van der Waals surface area contributed by atoms with Gasteiger partial charge in [-0.05, 0) is 60.3 Å². The highest BCUT2D eigenvalue weighted by Crippen LogP contribution is 2.33. The number of allylic oxidation sites excluding steroid dienone is 1. The van der Waals surface area contributed by atoms with Crippen LogP contribution in [-0.4, -0.2) is 16.8 Å². The molecule has 5 rings (SSSR count). The Morgan fingerprint density at radius 2 is 1.58 bits per heavy atom. The summed E-state index contributed by atoms with van der Waals surface area (Å²) in [5.41, 5.74) is 10.8. The molecule has 3 nitrogen and oxygen atoms in total. The third-order valence-corrected chi connectivity index (χ3v) is 8.12. The Bertz CT molecular complexity index is 1500. The van der Waals surface area contributed by atoms with Gasteiger partial charge < -0.3 is 10.2 Å². The molecule has 0 radical (unpaired) electrons. The van der Waals surface area contributed by atoms with Crippen molar-refractivity contribution in [3.05, 3.63) is 144 Å². The number of rotatable bonds is 12. The molecular weight excluding hydrogens is 522 g/mol. The molecule has 2 aliphatic rings. The van der Waals surface area contributed by atoms with Crippen LogP contribution in [0.15, 0.2) is 126 Å². The molecule has 1 unspecified atom stereocenters. The molecule has 1 fully saturated rings. The molecule has 3 aromatic rings. The Labute approximate surface area is 259 Å². The Morgan fingerprint density at radius 3 is 2.33 bits per heavy atom. The highest BCUT2D eigenvalue weighted by atomic mass is 15.4. The number of aryl methyl sites for hydroxylation is 1. The number of aliphatic imine (C=N–C) groups is 1. The molecular formula is C40H47N3. The molecule has 1 atom stereocenters. The predicted octanol–water partition coefficient (Wildman–Crippen LogP) is 9.95. The summed E-state index contributed by atoms with van der Waals surface area (Å²) in [6, 6.07) is 29.9. The zero-order valence-electron chi connectivity index (χ0n) is 26.3. The van der Waals surface area contributed by atoms with Crippen molar-refractivity contribution in [2.24, 2.45) is 10.4 Å². The second-order valence-corrected chi connectivity index (χ2v) is 13.3. The van der Waals surface area contributed by atoms with E-state index in [0.29, 0.717) is 5.41 Å². The lowest BCUT2D eigenvalue weighted by atomic mass is 9.87. The van der Waals surface area contributed by atoms with Crippen molar-refractivity contribution in [3.8, 4) is 0 Å². The smallest absolute Gasteiger partial charge is 0.143 e. The van der Waals surface area contributed by atoms with Gasteiger partial charge in [-0.3, -0.25) is 4.99 Å². The number of unbranched alkanes of at least 4 members (excludes halogenated alkanes) is 3. The van der Waals surface area contributed by atoms with Crippen LogP contribution in [0, 0.1) is 5.41 Å². The van der Waals surface area contributed by atoms with E-state index in [1.165, 1.54) is 47.9 Å². The van der Waals surface area contributed by atoms with Crippen LogP contribution in [0.25, 0.3) is 11.8 Å². The SMILES string of the molecule is C=C(CCCCCCc1cccc(/C=C2\NC3C(Cc4ccccc4)=NC(c4ccccc4)=CN3C2=C)c1)CC(C)(C)C. The number of nitrogens with zero attached hydrogens (tertiary/aromatic N) is 2. The standard InChI is InChI=1S/C40H47N3/c1-30(28-40(3,4)5)17-10-6-7-11-18-32-21-16-22-34(25-32)27-36-31(2)43-29-38(35-23-14-9-15-24-35)41-37(39(43)42-36)26-33-19-12-8-13-20-33/h8-9,12-16,19-25,27,29,39,42H,1-2,6-7,10-11,17-18,26,28H2,3-5H3/b36-27-. The fourth-order valence-electron chi connectivity index (χ4n) is 6.08. The summed E-state index contributed by atoms with van der Waals surface area (Å²) in [5, 5.41) is 3.75. The van der Waals surface area contributed by atoms with Crippen LogP contribution in [0.3, 0.4) is 0 Å². The molecule has 3 aromatic carbocycles. The maximum Gasteiger partial charge on any atom is 0.143 e. The van der Waals surface area contributed by atoms with E-state index < -0.39 is 0 Å². The molecule has 0 amide bonds. The van der Waals surface area contributed by atoms with E-state index in [4.69, 9.17) is 4.99 Å². The van der Waals surface area contributed by atoms with Crippen molar-refractivity contribution >= 4 is 17.5 Å². The van der Waals surface area contributed by atoms with Crippen LogP contribution < -0.4 is 5.32 Å². The van der Waals surface area contributed by atoms with E-state index in [1.807, 2.05) is 6.07 Å². The summed E-state index contributed by atoms with van der Waals surface area (Å²) in [6.45, 7) is 15.7. The minimum absolute atomic E-state index is 0.0471. The number of hydrogen-bond acceptors (Lipinski definition) is 3. The lowest BCUT2D eigenvalue weighted by Gasteiger charge is -2.29. The number of nitrogens with one attached hydrogen (secondary N) is 1. The van der Waals surface area contributed by atoms with Crippen LogP contribution in [0.4, 0.5) is 0 Å². The predicted molar refractivity (Wildman–Crippen MR) is 184 cm³/mol. The van der Waals surface area contributed by atoms with Crippen molar-refractivity contribution in [3.63, 3.8) is 0 Å². The van der Waals surface area contributed by atoms with Crippen LogP contribution in [-0.2, 0) is 12.8 Å². The maximum absolute atomic E-state index is 5.16. The van der Waals surface area contributed by atoms with Gasteiger partial charge in [-0.2, -0.15) is 0 Å². The molecule has 1 N–H and O–H groups in total. The summed E-state index contributed by atoms with van der Waals surface area (Å²) in [7, 11) is 0. The van der Waals surface area contributed by atoms with Crippen molar-refractivity contribution < 1.29 is 0 Å². The van der Waals surface area contributed by atoms with Crippen LogP contribution in [0.5, 0.6) is 0 Å². The molecule has 2 aliphatic heterocycles. The number of hydrogen-bond donors (Lipinski definition) is 1. The van der Waals surface area contributed by atoms with Crippen molar-refractivity contribution in [2.75, 3.05) is 0 Å². The Hall–Kier alpha value is -4.11. The van der Waals surface area contributed by atoms with Gasteiger partial charge in [-0.1, -0.05) is 137 Å². The first kappa shape index (κ1) is 30.4. The van der Waals surface area contributed by atoms with Crippen LogP contribution >= 0.6 is 0 Å². The molecule has 0 aromatic heterocycles. The van der Waals surface area contributed by atoms with E-state index in [0.717, 1.165) is 54.0 Å². The summed E-state index contributed by atoms with van der Waals surface area (Å²) in [6.07, 6.45) is 13.5. The van der Waals surface area contributed by atoms with Crippen LogP contribution in [0.1, 0.15) is 81.5 Å². The fraction of sp³-hybridized carbons (Fsp3) is 0.325. The van der Waals surface area contributed by atoms with E-state index in [2.05, 4.69) is 135 Å². The van der Waals surface area contributed by atoms with Gasteiger partial charge in [-0.25, -0.2) is 0 Å². The molecule has 0 saturated carbocycles. The fourth-order valence-corrected chi connectivity index (χ4v) is 6.08. The zero-order valence-corrected chi connectivity index (χ0v) is 26.3. The van der Waals surface area contributed by atoms with E-state index in [9.17, 15) is 0 Å². The Kier molecular flexibility index (Phi) is 9.82. The average molecular weight is 570 g/mol. The molecule has 222 valence electrons. The molecule has 43 heavy (non-hydrogen) atoms. The Balaban J connectivity index is 1.24. The molecule has 1 saturated heterocycles. The summed E-state index contributed by atoms with van der Waals surface area (Å²) in [5.74, 6) is 0. The summed E-state index contributed by atoms with van der Waals surface area (Å²) >= 11 is 0. The van der Waals surface area contributed by atoms with Gasteiger partial charge in [0.05, 0.1) is 22.8 Å². The third kappa shape index (κ3) is 8.47. The molecule has 0 bridgehead atoms. The van der Waals surface area contributed by atoms with E-state index >= 15 is 0 Å². The largest absolute Gasteiger partial charge is 0.358 e. The van der Waals surface area contributed by atoms with Gasteiger partial charge in [0, 0.05) is 18.2 Å². The maximum atomic E-state index is 5.16. The normalized spacial score (nSPS) is 17.4. The highest BCUT2D eigenvalue weighted by Gasteiger charge is 2.35. The zero-order chi connectivity index (χ0) is 30.2. The van der Waals surface area contributed by atoms with Gasteiger partial charge in [0.25, 0.3) is 0 Å². The molecule has 3 heteroatoms. The van der Waals surface area contributed by atoms with Crippen molar-refractivity contribution in [1.29, 1.82) is 0 Å². The molecule has 0 spiro atoms. The van der Waals surface area contributed by atoms with E-state index in [1.54, 1.807) is 0 Å². The van der Waals surface area contributed by atoms with Gasteiger partial charge >= 0.3 is 0 Å². The molecule has 2 heterocycles. The second-order valence-electron chi connectivity index (χ2n) is 13.3. The van der Waals surface area contributed by atoms with Gasteiger partial charge in [0.15, 0.2) is 0 Å². The monoisotopic (exact) mass is 569 g/mol. The van der Waals surface area contributed by atoms with Gasteiger partial charge in [0.2, 0.25) is 0 Å². The minimum atomic E-state index is -0.0471. The minimum Gasteiger partial charge on any atom is -0.358 e. The quantitative estimate of drug-likeness (QED) is 0.174. The number of fused-ring (bicyclic) bond motifs is 1. The van der Waals surface area contributed by atoms with Crippen molar-refractivity contribution in [1.82, 2.24) is 10.2 Å². The summed E-state index contributed by atoms with van der Waals surface area (Å²) < 4.78 is 0. The first-order valence-electron chi connectivity index (χ1n) is 15.9. The average Bonchev–Trinajstić information content (AvgIpc) is 3.30. The lowest BCUT2D eigenvalue weighted by Crippen LogP contribution is -2.42. The first-order valence-corrected chi connectivity index (χ1v) is 15.9. The Morgan fingerprint density at radius 1 is 0.884 bits per heavy atom. The van der Waals surface area contributed by atoms with Gasteiger partial charge in [0.1, 0.15) is 6.17 Å². The van der Waals surface area contributed by atoms with E-state index in [-0.39, 0.29) is 6.17 Å². The van der Waals surface area contributed by atoms with Gasteiger partial charge in [-0.15, -0.1) is 0 Å². The van der Waals surface area contributed by atoms with Crippen LogP contribution in [0.2, 0.25) is 0 Å². The first-order chi connectivity index (χ1) is 20.7. The highest BCUT2D eigenvalue weighted by molar-refractivity contribution is 5.98. The summed E-state index contributed by atoms with van der Waals surface area (Å²) in [4.78, 5) is 7.41. The lowest BCUT2D eigenvalue weighted by molar-refractivity contribution is 0.402. The number of benzene rings is 3. The topological polar surface area (TPSA) is 27.6 Å².